The van der Waals surface area contributed by atoms with Gasteiger partial charge in [-0.3, -0.25) is 9.89 Å². The molecule has 0 aromatic carbocycles. The topological polar surface area (TPSA) is 82.7 Å². The van der Waals surface area contributed by atoms with Crippen LogP contribution in [0, 0.1) is 6.92 Å². The highest BCUT2D eigenvalue weighted by atomic mass is 16.2. The fourth-order valence-electron chi connectivity index (χ4n) is 2.53. The van der Waals surface area contributed by atoms with Crippen molar-refractivity contribution in [2.24, 2.45) is 0 Å². The van der Waals surface area contributed by atoms with Gasteiger partial charge in [-0.25, -0.2) is 4.98 Å². The Kier molecular flexibility index (Phi) is 3.64. The number of H-pyrrole nitrogens is 1. The molecule has 1 aliphatic heterocycles. The smallest absolute Gasteiger partial charge is 0.237 e. The van der Waals surface area contributed by atoms with Crippen LogP contribution < -0.4 is 10.6 Å². The number of hydrogen-bond donors (Lipinski definition) is 3. The van der Waals surface area contributed by atoms with Crippen LogP contribution >= 0.6 is 0 Å². The molecule has 3 heterocycles. The molecule has 2 aromatic heterocycles. The van der Waals surface area contributed by atoms with Crippen molar-refractivity contribution < 1.29 is 4.79 Å². The van der Waals surface area contributed by atoms with E-state index in [-0.39, 0.29) is 11.9 Å². The summed E-state index contributed by atoms with van der Waals surface area (Å²) in [5.74, 6) is 0.107. The maximum absolute atomic E-state index is 11.9. The molecule has 1 saturated heterocycles. The van der Waals surface area contributed by atoms with Crippen LogP contribution in [0.5, 0.6) is 0 Å². The van der Waals surface area contributed by atoms with Crippen molar-refractivity contribution in [1.29, 1.82) is 0 Å². The van der Waals surface area contributed by atoms with E-state index in [4.69, 9.17) is 0 Å². The zero-order chi connectivity index (χ0) is 13.9. The number of rotatable bonds is 3. The largest absolute Gasteiger partial charge is 0.355 e. The number of carbonyl (C=O) groups excluding carboxylic acids is 1. The van der Waals surface area contributed by atoms with Gasteiger partial charge in [-0.05, 0) is 37.8 Å². The molecule has 0 bridgehead atoms. The van der Waals surface area contributed by atoms with Gasteiger partial charge in [0.25, 0.3) is 0 Å². The number of nitrogens with one attached hydrogen (secondary N) is 3. The highest BCUT2D eigenvalue weighted by Crippen LogP contribution is 2.14. The summed E-state index contributed by atoms with van der Waals surface area (Å²) in [5.41, 5.74) is 2.82. The average molecular weight is 273 g/mol. The lowest BCUT2D eigenvalue weighted by Crippen LogP contribution is -2.42. The summed E-state index contributed by atoms with van der Waals surface area (Å²) in [6.07, 6.45) is 4.84. The van der Waals surface area contributed by atoms with Crippen molar-refractivity contribution >= 4 is 16.9 Å². The summed E-state index contributed by atoms with van der Waals surface area (Å²) in [7, 11) is 0. The molecule has 1 fully saturated rings. The Morgan fingerprint density at radius 3 is 3.25 bits per heavy atom. The Hall–Kier alpha value is -1.95. The minimum Gasteiger partial charge on any atom is -0.355 e. The van der Waals surface area contributed by atoms with E-state index in [0.717, 1.165) is 48.1 Å². The SMILES string of the molecule is Cc1[nH]nc2ncc(CN[C@H]3CCCCNC3=O)cc12. The molecular weight excluding hydrogens is 254 g/mol. The summed E-state index contributed by atoms with van der Waals surface area (Å²) in [6, 6.07) is 1.97. The van der Waals surface area contributed by atoms with Crippen molar-refractivity contribution in [3.8, 4) is 0 Å². The van der Waals surface area contributed by atoms with Crippen molar-refractivity contribution in [3.63, 3.8) is 0 Å². The summed E-state index contributed by atoms with van der Waals surface area (Å²) in [5, 5.41) is 14.3. The molecule has 0 aliphatic carbocycles. The van der Waals surface area contributed by atoms with Crippen LogP contribution in [0.4, 0.5) is 0 Å². The van der Waals surface area contributed by atoms with E-state index in [0.29, 0.717) is 6.54 Å². The summed E-state index contributed by atoms with van der Waals surface area (Å²) in [6.45, 7) is 3.41. The van der Waals surface area contributed by atoms with E-state index in [1.54, 1.807) is 0 Å². The third-order valence-corrected chi connectivity index (χ3v) is 3.74. The fourth-order valence-corrected chi connectivity index (χ4v) is 2.53. The first-order valence-electron chi connectivity index (χ1n) is 7.05. The molecule has 0 unspecified atom stereocenters. The molecule has 106 valence electrons. The van der Waals surface area contributed by atoms with E-state index in [1.165, 1.54) is 0 Å². The van der Waals surface area contributed by atoms with Crippen molar-refractivity contribution in [2.45, 2.75) is 38.8 Å². The van der Waals surface area contributed by atoms with Crippen LogP contribution in [-0.4, -0.2) is 33.7 Å². The second kappa shape index (κ2) is 5.58. The van der Waals surface area contributed by atoms with E-state index >= 15 is 0 Å². The monoisotopic (exact) mass is 273 g/mol. The molecule has 1 aliphatic rings. The Morgan fingerprint density at radius 1 is 1.45 bits per heavy atom. The van der Waals surface area contributed by atoms with Gasteiger partial charge >= 0.3 is 0 Å². The molecule has 2 aromatic rings. The third-order valence-electron chi connectivity index (χ3n) is 3.74. The molecule has 6 nitrogen and oxygen atoms in total. The van der Waals surface area contributed by atoms with Crippen LogP contribution in [0.25, 0.3) is 11.0 Å². The summed E-state index contributed by atoms with van der Waals surface area (Å²) < 4.78 is 0. The number of aromatic amines is 1. The number of pyridine rings is 1. The quantitative estimate of drug-likeness (QED) is 0.780. The molecule has 3 rings (SSSR count). The Bertz CT molecular complexity index is 621. The molecule has 1 amide bonds. The van der Waals surface area contributed by atoms with E-state index < -0.39 is 0 Å². The van der Waals surface area contributed by atoms with Crippen molar-refractivity contribution in [2.75, 3.05) is 6.54 Å². The molecule has 1 atom stereocenters. The summed E-state index contributed by atoms with van der Waals surface area (Å²) in [4.78, 5) is 16.2. The minimum atomic E-state index is -0.0985. The first-order chi connectivity index (χ1) is 9.74. The fraction of sp³-hybridized carbons (Fsp3) is 0.500. The highest BCUT2D eigenvalue weighted by Gasteiger charge is 2.19. The number of amides is 1. The van der Waals surface area contributed by atoms with Crippen LogP contribution in [0.15, 0.2) is 12.3 Å². The predicted octanol–water partition coefficient (Wildman–Crippen LogP) is 1.02. The minimum absolute atomic E-state index is 0.0985. The van der Waals surface area contributed by atoms with Crippen LogP contribution in [-0.2, 0) is 11.3 Å². The second-order valence-corrected chi connectivity index (χ2v) is 5.28. The van der Waals surface area contributed by atoms with Gasteiger partial charge in [0.05, 0.1) is 6.04 Å². The van der Waals surface area contributed by atoms with Crippen LogP contribution in [0.3, 0.4) is 0 Å². The number of carbonyl (C=O) groups is 1. The Morgan fingerprint density at radius 2 is 2.35 bits per heavy atom. The first-order valence-corrected chi connectivity index (χ1v) is 7.05. The number of nitrogens with zero attached hydrogens (tertiary/aromatic N) is 2. The highest BCUT2D eigenvalue weighted by molar-refractivity contribution is 5.82. The van der Waals surface area contributed by atoms with Crippen LogP contribution in [0.2, 0.25) is 0 Å². The number of aryl methyl sites for hydroxylation is 1. The molecule has 0 radical (unpaired) electrons. The van der Waals surface area contributed by atoms with E-state index in [1.807, 2.05) is 13.1 Å². The maximum Gasteiger partial charge on any atom is 0.237 e. The normalized spacial score (nSPS) is 19.9. The Balaban J connectivity index is 1.69. The molecular formula is C14H19N5O. The van der Waals surface area contributed by atoms with Gasteiger partial charge in [-0.15, -0.1) is 0 Å². The van der Waals surface area contributed by atoms with Gasteiger partial charge in [0.1, 0.15) is 0 Å². The number of hydrogen-bond acceptors (Lipinski definition) is 4. The zero-order valence-electron chi connectivity index (χ0n) is 11.6. The second-order valence-electron chi connectivity index (χ2n) is 5.28. The van der Waals surface area contributed by atoms with Gasteiger partial charge in [0, 0.05) is 30.4 Å². The number of aromatic nitrogens is 3. The third kappa shape index (κ3) is 2.65. The van der Waals surface area contributed by atoms with Gasteiger partial charge in [-0.2, -0.15) is 5.10 Å². The lowest BCUT2D eigenvalue weighted by Gasteiger charge is -2.15. The maximum atomic E-state index is 11.9. The lowest BCUT2D eigenvalue weighted by atomic mass is 10.1. The molecule has 6 heteroatoms. The van der Waals surface area contributed by atoms with Crippen molar-refractivity contribution in [3.05, 3.63) is 23.5 Å². The first kappa shape index (κ1) is 13.1. The summed E-state index contributed by atoms with van der Waals surface area (Å²) >= 11 is 0. The zero-order valence-corrected chi connectivity index (χ0v) is 11.6. The van der Waals surface area contributed by atoms with Gasteiger partial charge in [0.2, 0.25) is 5.91 Å². The average Bonchev–Trinajstić information content (AvgIpc) is 2.69. The van der Waals surface area contributed by atoms with E-state index in [9.17, 15) is 4.79 Å². The molecule has 0 saturated carbocycles. The molecule has 20 heavy (non-hydrogen) atoms. The predicted molar refractivity (Wildman–Crippen MR) is 76.1 cm³/mol. The van der Waals surface area contributed by atoms with E-state index in [2.05, 4.69) is 31.9 Å². The van der Waals surface area contributed by atoms with Gasteiger partial charge < -0.3 is 10.6 Å². The lowest BCUT2D eigenvalue weighted by molar-refractivity contribution is -0.122. The van der Waals surface area contributed by atoms with Gasteiger partial charge in [-0.1, -0.05) is 0 Å². The molecule has 3 N–H and O–H groups in total. The number of fused-ring (bicyclic) bond motifs is 1. The molecule has 0 spiro atoms. The van der Waals surface area contributed by atoms with Gasteiger partial charge in [0.15, 0.2) is 5.65 Å². The standard InChI is InChI=1S/C14H19N5O/c1-9-11-6-10(8-17-13(11)19-18-9)7-16-12-4-2-3-5-15-14(12)20/h6,8,12,16H,2-5,7H2,1H3,(H,15,20)(H,17,18,19)/t12-/m0/s1. The van der Waals surface area contributed by atoms with Crippen LogP contribution in [0.1, 0.15) is 30.5 Å². The Labute approximate surface area is 117 Å². The van der Waals surface area contributed by atoms with Crippen molar-refractivity contribution in [1.82, 2.24) is 25.8 Å².